The number of rotatable bonds is 8. The van der Waals surface area contributed by atoms with Gasteiger partial charge in [0, 0.05) is 39.3 Å². The summed E-state index contributed by atoms with van der Waals surface area (Å²) in [4.78, 5) is 46.6. The smallest absolute Gasteiger partial charge is 0.150 e. The molecule has 0 radical (unpaired) electrons. The summed E-state index contributed by atoms with van der Waals surface area (Å²) < 4.78 is 0. The van der Waals surface area contributed by atoms with E-state index in [0.717, 1.165) is 53.3 Å². The molecule has 5 nitrogen and oxygen atoms in total. The van der Waals surface area contributed by atoms with E-state index < -0.39 is 0 Å². The summed E-state index contributed by atoms with van der Waals surface area (Å²) in [6.07, 6.45) is 3.03. The highest BCUT2D eigenvalue weighted by Crippen LogP contribution is 2.35. The first kappa shape index (κ1) is 21.6. The maximum atomic E-state index is 11.2. The maximum Gasteiger partial charge on any atom is 0.150 e. The minimum absolute atomic E-state index is 0.436. The monoisotopic (exact) mass is 433 g/mol. The van der Waals surface area contributed by atoms with Crippen molar-refractivity contribution in [1.29, 1.82) is 0 Å². The van der Waals surface area contributed by atoms with E-state index in [1.807, 2.05) is 53.4 Å². The third-order valence-corrected chi connectivity index (χ3v) is 5.28. The van der Waals surface area contributed by atoms with Gasteiger partial charge in [0.2, 0.25) is 0 Å². The van der Waals surface area contributed by atoms with Crippen LogP contribution in [0.4, 0.5) is 17.1 Å². The lowest BCUT2D eigenvalue weighted by Crippen LogP contribution is -2.10. The average Bonchev–Trinajstić information content (AvgIpc) is 2.89. The Bertz CT molecular complexity index is 1230. The van der Waals surface area contributed by atoms with Gasteiger partial charge < -0.3 is 4.90 Å². The second-order valence-corrected chi connectivity index (χ2v) is 7.43. The summed E-state index contributed by atoms with van der Waals surface area (Å²) in [6, 6.07) is 27.1. The summed E-state index contributed by atoms with van der Waals surface area (Å²) in [7, 11) is 0. The van der Waals surface area contributed by atoms with Crippen molar-refractivity contribution in [2.24, 2.45) is 0 Å². The van der Waals surface area contributed by atoms with Gasteiger partial charge in [0.25, 0.3) is 0 Å². The molecule has 0 amide bonds. The minimum atomic E-state index is 0.436. The predicted molar refractivity (Wildman–Crippen MR) is 128 cm³/mol. The molecular formula is C28H19NO4. The van der Waals surface area contributed by atoms with Gasteiger partial charge in [0.05, 0.1) is 0 Å². The van der Waals surface area contributed by atoms with Crippen LogP contribution in [0.15, 0.2) is 91.0 Å². The van der Waals surface area contributed by atoms with Gasteiger partial charge in [-0.15, -0.1) is 0 Å². The van der Waals surface area contributed by atoms with Crippen LogP contribution in [0.5, 0.6) is 0 Å². The fraction of sp³-hybridized carbons (Fsp3) is 0. The van der Waals surface area contributed by atoms with Crippen LogP contribution in [0.25, 0.3) is 11.1 Å². The van der Waals surface area contributed by atoms with Crippen LogP contribution in [-0.2, 0) is 0 Å². The predicted octanol–water partition coefficient (Wildman–Crippen LogP) is 6.07. The maximum absolute atomic E-state index is 11.2. The zero-order chi connectivity index (χ0) is 23.2. The molecule has 5 heteroatoms. The molecule has 0 N–H and O–H groups in total. The van der Waals surface area contributed by atoms with Crippen molar-refractivity contribution >= 4 is 42.2 Å². The Morgan fingerprint density at radius 1 is 0.394 bits per heavy atom. The van der Waals surface area contributed by atoms with Gasteiger partial charge in [-0.2, -0.15) is 0 Å². The lowest BCUT2D eigenvalue weighted by molar-refractivity contribution is 0.111. The average molecular weight is 433 g/mol. The van der Waals surface area contributed by atoms with Crippen molar-refractivity contribution < 1.29 is 19.2 Å². The van der Waals surface area contributed by atoms with E-state index in [1.54, 1.807) is 42.5 Å². The Labute approximate surface area is 190 Å². The highest BCUT2D eigenvalue weighted by molar-refractivity contribution is 5.87. The SMILES string of the molecule is O=Cc1ccc(N(c2ccc(C=O)cc2)c2ccc(-c3cc(C=O)cc(C=O)c3)cc2)cc1. The summed E-state index contributed by atoms with van der Waals surface area (Å²) >= 11 is 0. The first-order chi connectivity index (χ1) is 16.1. The molecule has 0 unspecified atom stereocenters. The Morgan fingerprint density at radius 2 is 0.758 bits per heavy atom. The lowest BCUT2D eigenvalue weighted by atomic mass is 10.00. The number of carbonyl (C=O) groups is 4. The van der Waals surface area contributed by atoms with E-state index >= 15 is 0 Å². The van der Waals surface area contributed by atoms with Crippen LogP contribution in [0.2, 0.25) is 0 Å². The van der Waals surface area contributed by atoms with Crippen LogP contribution < -0.4 is 4.90 Å². The van der Waals surface area contributed by atoms with Gasteiger partial charge in [0.1, 0.15) is 25.1 Å². The summed E-state index contributed by atoms with van der Waals surface area (Å²) in [5.41, 5.74) is 6.20. The molecule has 0 spiro atoms. The molecule has 4 aromatic rings. The highest BCUT2D eigenvalue weighted by Gasteiger charge is 2.13. The van der Waals surface area contributed by atoms with E-state index in [2.05, 4.69) is 0 Å². The van der Waals surface area contributed by atoms with Gasteiger partial charge in [-0.1, -0.05) is 12.1 Å². The molecule has 0 aliphatic rings. The molecule has 0 aromatic heterocycles. The van der Waals surface area contributed by atoms with Crippen LogP contribution in [-0.4, -0.2) is 25.1 Å². The van der Waals surface area contributed by atoms with Gasteiger partial charge in [0.15, 0.2) is 0 Å². The van der Waals surface area contributed by atoms with E-state index in [9.17, 15) is 19.2 Å². The summed E-state index contributed by atoms with van der Waals surface area (Å²) in [6.45, 7) is 0. The fourth-order valence-corrected chi connectivity index (χ4v) is 3.63. The molecule has 0 saturated heterocycles. The first-order valence-corrected chi connectivity index (χ1v) is 10.2. The summed E-state index contributed by atoms with van der Waals surface area (Å²) in [5.74, 6) is 0. The number of anilines is 3. The van der Waals surface area contributed by atoms with Gasteiger partial charge in [-0.25, -0.2) is 0 Å². The fourth-order valence-electron chi connectivity index (χ4n) is 3.63. The molecule has 0 aliphatic heterocycles. The zero-order valence-corrected chi connectivity index (χ0v) is 17.5. The molecule has 160 valence electrons. The molecule has 0 bridgehead atoms. The van der Waals surface area contributed by atoms with Gasteiger partial charge in [-0.05, 0) is 90.0 Å². The number of carbonyl (C=O) groups excluding carboxylic acids is 4. The Hall–Kier alpha value is -4.64. The highest BCUT2D eigenvalue weighted by atomic mass is 16.1. The van der Waals surface area contributed by atoms with Crippen LogP contribution in [0.1, 0.15) is 41.4 Å². The van der Waals surface area contributed by atoms with Crippen LogP contribution >= 0.6 is 0 Å². The minimum Gasteiger partial charge on any atom is -0.311 e. The Morgan fingerprint density at radius 3 is 1.12 bits per heavy atom. The van der Waals surface area contributed by atoms with Crippen LogP contribution in [0.3, 0.4) is 0 Å². The molecule has 33 heavy (non-hydrogen) atoms. The molecule has 4 aromatic carbocycles. The Balaban J connectivity index is 1.77. The number of nitrogens with zero attached hydrogens (tertiary/aromatic N) is 1. The van der Waals surface area contributed by atoms with E-state index in [4.69, 9.17) is 0 Å². The van der Waals surface area contributed by atoms with Gasteiger partial charge in [-0.3, -0.25) is 19.2 Å². The topological polar surface area (TPSA) is 71.5 Å². The van der Waals surface area contributed by atoms with Crippen LogP contribution in [0, 0.1) is 0 Å². The molecule has 0 atom stereocenters. The third-order valence-electron chi connectivity index (χ3n) is 5.28. The van der Waals surface area contributed by atoms with Crippen molar-refractivity contribution in [1.82, 2.24) is 0 Å². The lowest BCUT2D eigenvalue weighted by Gasteiger charge is -2.26. The molecule has 0 saturated carbocycles. The number of hydrogen-bond donors (Lipinski definition) is 0. The standard InChI is InChI=1S/C28H19NO4/c30-16-20-1-7-26(8-2-20)29(27-9-3-21(17-31)4-10-27)28-11-5-24(6-12-28)25-14-22(18-32)13-23(15-25)19-33/h1-19H. The molecule has 0 heterocycles. The molecule has 0 aliphatic carbocycles. The zero-order valence-electron chi connectivity index (χ0n) is 17.5. The number of benzene rings is 4. The largest absolute Gasteiger partial charge is 0.311 e. The third kappa shape index (κ3) is 4.67. The van der Waals surface area contributed by atoms with Crippen molar-refractivity contribution in [2.75, 3.05) is 4.90 Å². The van der Waals surface area contributed by atoms with E-state index in [0.29, 0.717) is 22.3 Å². The quantitative estimate of drug-likeness (QED) is 0.315. The molecular weight excluding hydrogens is 414 g/mol. The first-order valence-electron chi connectivity index (χ1n) is 10.2. The van der Waals surface area contributed by atoms with Crippen molar-refractivity contribution in [3.63, 3.8) is 0 Å². The van der Waals surface area contributed by atoms with E-state index in [-0.39, 0.29) is 0 Å². The Kier molecular flexibility index (Phi) is 6.32. The van der Waals surface area contributed by atoms with Gasteiger partial charge >= 0.3 is 0 Å². The number of hydrogen-bond acceptors (Lipinski definition) is 5. The van der Waals surface area contributed by atoms with Crippen molar-refractivity contribution in [2.45, 2.75) is 0 Å². The summed E-state index contributed by atoms with van der Waals surface area (Å²) in [5, 5.41) is 0. The molecule has 4 rings (SSSR count). The van der Waals surface area contributed by atoms with Crippen molar-refractivity contribution in [3.05, 3.63) is 113 Å². The van der Waals surface area contributed by atoms with Crippen molar-refractivity contribution in [3.8, 4) is 11.1 Å². The molecule has 0 fully saturated rings. The van der Waals surface area contributed by atoms with E-state index in [1.165, 1.54) is 0 Å². The number of aldehydes is 4. The second-order valence-electron chi connectivity index (χ2n) is 7.43. The normalized spacial score (nSPS) is 10.3. The second kappa shape index (κ2) is 9.66.